The van der Waals surface area contributed by atoms with Crippen LogP contribution in [-0.4, -0.2) is 0 Å². The summed E-state index contributed by atoms with van der Waals surface area (Å²) in [5, 5.41) is 7.84. The zero-order chi connectivity index (χ0) is 26.1. The molecule has 7 aromatic carbocycles. The fraction of sp³-hybridized carbons (Fsp3) is 0.0769. The molecule has 0 spiro atoms. The molecule has 0 atom stereocenters. The highest BCUT2D eigenvalue weighted by Gasteiger charge is 2.36. The number of hydrogen-bond acceptors (Lipinski definition) is 0. The molecule has 39 heavy (non-hydrogen) atoms. The highest BCUT2D eigenvalue weighted by Crippen LogP contribution is 2.52. The lowest BCUT2D eigenvalue weighted by Crippen LogP contribution is -2.15. The lowest BCUT2D eigenvalue weighted by atomic mass is 9.79. The van der Waals surface area contributed by atoms with Crippen LogP contribution in [0.2, 0.25) is 0 Å². The van der Waals surface area contributed by atoms with E-state index in [2.05, 4.69) is 147 Å². The van der Waals surface area contributed by atoms with Crippen LogP contribution in [0.5, 0.6) is 0 Å². The van der Waals surface area contributed by atoms with Gasteiger partial charge in [-0.2, -0.15) is 0 Å². The Kier molecular flexibility index (Phi) is 4.67. The van der Waals surface area contributed by atoms with Gasteiger partial charge in [-0.3, -0.25) is 0 Å². The number of rotatable bonds is 2. The van der Waals surface area contributed by atoms with Crippen molar-refractivity contribution >= 4 is 32.3 Å². The Bertz CT molecular complexity index is 2080. The van der Waals surface area contributed by atoms with Crippen LogP contribution in [-0.2, 0) is 5.41 Å². The third-order valence-corrected chi connectivity index (χ3v) is 8.82. The van der Waals surface area contributed by atoms with Crippen molar-refractivity contribution in [2.45, 2.75) is 19.3 Å². The van der Waals surface area contributed by atoms with E-state index in [1.807, 2.05) is 0 Å². The molecule has 0 saturated carbocycles. The first-order chi connectivity index (χ1) is 19.1. The first kappa shape index (κ1) is 22.3. The lowest BCUT2D eigenvalue weighted by molar-refractivity contribution is 0.666. The van der Waals surface area contributed by atoms with Crippen LogP contribution in [0.1, 0.15) is 25.0 Å². The van der Waals surface area contributed by atoms with Gasteiger partial charge in [0.2, 0.25) is 0 Å². The third-order valence-electron chi connectivity index (χ3n) is 8.82. The van der Waals surface area contributed by atoms with E-state index < -0.39 is 0 Å². The Morgan fingerprint density at radius 3 is 1.92 bits per heavy atom. The Labute approximate surface area is 229 Å². The first-order valence-electron chi connectivity index (χ1n) is 13.8. The molecule has 0 nitrogen and oxygen atoms in total. The molecule has 1 aliphatic carbocycles. The molecule has 0 saturated heterocycles. The molecule has 7 aromatic rings. The molecule has 184 valence electrons. The van der Waals surface area contributed by atoms with Crippen LogP contribution < -0.4 is 0 Å². The molecule has 0 aliphatic heterocycles. The highest BCUT2D eigenvalue weighted by molar-refractivity contribution is 6.17. The van der Waals surface area contributed by atoms with E-state index in [4.69, 9.17) is 0 Å². The van der Waals surface area contributed by atoms with Crippen molar-refractivity contribution in [1.29, 1.82) is 0 Å². The molecule has 0 heterocycles. The summed E-state index contributed by atoms with van der Waals surface area (Å²) in [5.41, 5.74) is 10.6. The van der Waals surface area contributed by atoms with E-state index in [0.29, 0.717) is 0 Å². The van der Waals surface area contributed by atoms with Gasteiger partial charge in [0.25, 0.3) is 0 Å². The largest absolute Gasteiger partial charge is 0.0622 e. The van der Waals surface area contributed by atoms with Crippen molar-refractivity contribution in [3.63, 3.8) is 0 Å². The van der Waals surface area contributed by atoms with Crippen molar-refractivity contribution in [2.24, 2.45) is 0 Å². The van der Waals surface area contributed by atoms with Gasteiger partial charge >= 0.3 is 0 Å². The van der Waals surface area contributed by atoms with E-state index in [9.17, 15) is 0 Å². The Morgan fingerprint density at radius 1 is 0.385 bits per heavy atom. The van der Waals surface area contributed by atoms with Gasteiger partial charge in [-0.25, -0.2) is 0 Å². The fourth-order valence-electron chi connectivity index (χ4n) is 6.93. The summed E-state index contributed by atoms with van der Waals surface area (Å²) in [6.45, 7) is 4.76. The predicted octanol–water partition coefficient (Wildman–Crippen LogP) is 10.8. The number of benzene rings is 7. The van der Waals surface area contributed by atoms with Gasteiger partial charge in [0, 0.05) is 5.41 Å². The van der Waals surface area contributed by atoms with Crippen LogP contribution in [0.4, 0.5) is 0 Å². The molecule has 0 unspecified atom stereocenters. The lowest BCUT2D eigenvalue weighted by Gasteiger charge is -2.24. The maximum Gasteiger partial charge on any atom is 0.0165 e. The summed E-state index contributed by atoms with van der Waals surface area (Å²) in [6.07, 6.45) is 0. The standard InChI is InChI=1S/C39H28/c1-39(2)37-15-9-8-14-32(37)33-21-20-31-30-19-18-29(28-17-16-25-10-6-7-13-27(25)22-28)23-35(30)34(24-36(31)38(33)39)26-11-4-3-5-12-26/h3-24H,1-2H3. The smallest absolute Gasteiger partial charge is 0.0165 e. The van der Waals surface area contributed by atoms with Crippen LogP contribution >= 0.6 is 0 Å². The van der Waals surface area contributed by atoms with Crippen molar-refractivity contribution in [3.8, 4) is 33.4 Å². The van der Waals surface area contributed by atoms with E-state index in [1.165, 1.54) is 76.8 Å². The Morgan fingerprint density at radius 2 is 1.05 bits per heavy atom. The maximum absolute atomic E-state index is 2.46. The molecule has 0 bridgehead atoms. The van der Waals surface area contributed by atoms with Gasteiger partial charge < -0.3 is 0 Å². The average Bonchev–Trinajstić information content (AvgIpc) is 3.23. The summed E-state index contributed by atoms with van der Waals surface area (Å²) in [4.78, 5) is 0. The molecule has 0 N–H and O–H groups in total. The predicted molar refractivity (Wildman–Crippen MR) is 167 cm³/mol. The molecule has 0 amide bonds. The van der Waals surface area contributed by atoms with Crippen LogP contribution in [0.15, 0.2) is 133 Å². The van der Waals surface area contributed by atoms with Gasteiger partial charge in [-0.05, 0) is 95.0 Å². The summed E-state index contributed by atoms with van der Waals surface area (Å²) in [6, 6.07) is 49.4. The van der Waals surface area contributed by atoms with Crippen molar-refractivity contribution in [1.82, 2.24) is 0 Å². The normalized spacial score (nSPS) is 13.6. The summed E-state index contributed by atoms with van der Waals surface area (Å²) in [7, 11) is 0. The van der Waals surface area contributed by atoms with E-state index in [-0.39, 0.29) is 5.41 Å². The zero-order valence-corrected chi connectivity index (χ0v) is 22.2. The van der Waals surface area contributed by atoms with Crippen LogP contribution in [0, 0.1) is 0 Å². The minimum Gasteiger partial charge on any atom is -0.0622 e. The van der Waals surface area contributed by atoms with Crippen molar-refractivity contribution < 1.29 is 0 Å². The van der Waals surface area contributed by atoms with E-state index in [1.54, 1.807) is 0 Å². The fourth-order valence-corrected chi connectivity index (χ4v) is 6.93. The number of fused-ring (bicyclic) bond motifs is 8. The van der Waals surface area contributed by atoms with Gasteiger partial charge in [0.05, 0.1) is 0 Å². The maximum atomic E-state index is 2.46. The van der Waals surface area contributed by atoms with Crippen molar-refractivity contribution in [3.05, 3.63) is 145 Å². The molecule has 0 heteroatoms. The third kappa shape index (κ3) is 3.25. The van der Waals surface area contributed by atoms with E-state index >= 15 is 0 Å². The second-order valence-corrected chi connectivity index (χ2v) is 11.4. The van der Waals surface area contributed by atoms with Gasteiger partial charge in [-0.15, -0.1) is 0 Å². The molecular formula is C39H28. The molecular weight excluding hydrogens is 468 g/mol. The van der Waals surface area contributed by atoms with Gasteiger partial charge in [-0.1, -0.05) is 129 Å². The Hall–Kier alpha value is -4.68. The van der Waals surface area contributed by atoms with Crippen LogP contribution in [0.3, 0.4) is 0 Å². The monoisotopic (exact) mass is 496 g/mol. The molecule has 8 rings (SSSR count). The molecule has 0 radical (unpaired) electrons. The van der Waals surface area contributed by atoms with Gasteiger partial charge in [0.15, 0.2) is 0 Å². The van der Waals surface area contributed by atoms with Gasteiger partial charge in [0.1, 0.15) is 0 Å². The Balaban J connectivity index is 1.44. The summed E-state index contributed by atoms with van der Waals surface area (Å²) >= 11 is 0. The topological polar surface area (TPSA) is 0 Å². The van der Waals surface area contributed by atoms with Crippen molar-refractivity contribution in [2.75, 3.05) is 0 Å². The second kappa shape index (κ2) is 8.16. The van der Waals surface area contributed by atoms with Crippen LogP contribution in [0.25, 0.3) is 65.7 Å². The number of hydrogen-bond donors (Lipinski definition) is 0. The quantitative estimate of drug-likeness (QED) is 0.209. The molecule has 1 aliphatic rings. The summed E-state index contributed by atoms with van der Waals surface area (Å²) in [5.74, 6) is 0. The SMILES string of the molecule is CC1(C)c2ccccc2-c2ccc3c(cc(-c4ccccc4)c4cc(-c5ccc6ccccc6c5)ccc43)c21. The second-order valence-electron chi connectivity index (χ2n) is 11.4. The zero-order valence-electron chi connectivity index (χ0n) is 22.2. The minimum atomic E-state index is -0.0574. The minimum absolute atomic E-state index is 0.0574. The highest BCUT2D eigenvalue weighted by atomic mass is 14.4. The summed E-state index contributed by atoms with van der Waals surface area (Å²) < 4.78 is 0. The molecule has 0 aromatic heterocycles. The first-order valence-corrected chi connectivity index (χ1v) is 13.8. The van der Waals surface area contributed by atoms with E-state index in [0.717, 1.165) is 0 Å². The molecule has 0 fully saturated rings. The average molecular weight is 497 g/mol.